The molecule has 3 aromatic rings. The van der Waals surface area contributed by atoms with Gasteiger partial charge in [0.2, 0.25) is 5.91 Å². The number of benzene rings is 3. The van der Waals surface area contributed by atoms with E-state index in [0.717, 1.165) is 11.1 Å². The Morgan fingerprint density at radius 1 is 0.946 bits per heavy atom. The predicted molar refractivity (Wildman–Crippen MR) is 136 cm³/mol. The second kappa shape index (κ2) is 11.9. The van der Waals surface area contributed by atoms with E-state index < -0.39 is 24.2 Å². The molecule has 37 heavy (non-hydrogen) atoms. The number of thioether (sulfide) groups is 1. The summed E-state index contributed by atoms with van der Waals surface area (Å²) in [6, 6.07) is 18.6. The van der Waals surface area contributed by atoms with E-state index in [1.807, 2.05) is 0 Å². The van der Waals surface area contributed by atoms with Crippen molar-refractivity contribution in [3.8, 4) is 5.75 Å². The highest BCUT2D eigenvalue weighted by atomic mass is 32.2. The van der Waals surface area contributed by atoms with Crippen LogP contribution in [0.1, 0.15) is 17.2 Å². The number of nitrogens with zero attached hydrogens (tertiary/aromatic N) is 1. The third-order valence-electron chi connectivity index (χ3n) is 5.78. The molecular weight excluding hydrogens is 502 g/mol. The molecule has 192 valence electrons. The SMILES string of the molecule is O=C(O)CNC(=O)COc1ccc(C2C(SCCc3ccc(F)cc3)C(=O)N2c2ccc(F)cc2)cc1. The lowest BCUT2D eigenvalue weighted by Gasteiger charge is -2.47. The van der Waals surface area contributed by atoms with Crippen LogP contribution in [0, 0.1) is 11.6 Å². The van der Waals surface area contributed by atoms with Crippen LogP contribution in [0.5, 0.6) is 5.75 Å². The second-order valence-corrected chi connectivity index (χ2v) is 9.57. The monoisotopic (exact) mass is 526 g/mol. The van der Waals surface area contributed by atoms with Crippen molar-refractivity contribution in [2.75, 3.05) is 23.8 Å². The summed E-state index contributed by atoms with van der Waals surface area (Å²) in [4.78, 5) is 37.0. The standard InChI is InChI=1S/C27H24F2N2O5S/c28-19-5-1-17(2-6-19)13-14-37-26-25(31(27(26)35)21-9-7-20(29)8-10-21)18-3-11-22(12-4-18)36-16-23(32)30-15-24(33)34/h1-12,25-26H,13-16H2,(H,30,32)(H,33,34). The number of carboxylic acid groups (broad SMARTS) is 1. The van der Waals surface area contributed by atoms with Crippen LogP contribution in [0.25, 0.3) is 0 Å². The van der Waals surface area contributed by atoms with E-state index in [9.17, 15) is 23.2 Å². The molecule has 0 aliphatic carbocycles. The van der Waals surface area contributed by atoms with E-state index in [1.165, 1.54) is 36.0 Å². The maximum atomic E-state index is 13.5. The van der Waals surface area contributed by atoms with Crippen molar-refractivity contribution in [3.63, 3.8) is 0 Å². The molecule has 1 heterocycles. The van der Waals surface area contributed by atoms with Gasteiger partial charge in [-0.05, 0) is 71.8 Å². The first-order valence-corrected chi connectivity index (χ1v) is 12.5. The molecule has 0 aromatic heterocycles. The number of nitrogens with one attached hydrogen (secondary N) is 1. The zero-order valence-electron chi connectivity index (χ0n) is 19.6. The number of β-lactam (4-membered cyclic amide) rings is 1. The molecule has 0 radical (unpaired) electrons. The first-order chi connectivity index (χ1) is 17.8. The number of rotatable bonds is 11. The van der Waals surface area contributed by atoms with Crippen molar-refractivity contribution in [3.05, 3.63) is 95.6 Å². The molecule has 2 amide bonds. The normalized spacial score (nSPS) is 16.7. The quantitative estimate of drug-likeness (QED) is 0.367. The van der Waals surface area contributed by atoms with Gasteiger partial charge in [-0.2, -0.15) is 0 Å². The highest BCUT2D eigenvalue weighted by Crippen LogP contribution is 2.45. The number of aryl methyl sites for hydroxylation is 1. The van der Waals surface area contributed by atoms with Gasteiger partial charge in [0.05, 0.1) is 6.04 Å². The van der Waals surface area contributed by atoms with Gasteiger partial charge in [-0.25, -0.2) is 8.78 Å². The Kier molecular flexibility index (Phi) is 8.39. The molecule has 7 nitrogen and oxygen atoms in total. The van der Waals surface area contributed by atoms with Crippen molar-refractivity contribution in [1.82, 2.24) is 5.32 Å². The zero-order chi connectivity index (χ0) is 26.4. The molecule has 1 saturated heterocycles. The highest BCUT2D eigenvalue weighted by molar-refractivity contribution is 8.00. The fourth-order valence-corrected chi connectivity index (χ4v) is 5.25. The molecule has 2 unspecified atom stereocenters. The van der Waals surface area contributed by atoms with Gasteiger partial charge in [-0.15, -0.1) is 11.8 Å². The van der Waals surface area contributed by atoms with Crippen molar-refractivity contribution in [2.45, 2.75) is 17.7 Å². The molecule has 3 aromatic carbocycles. The highest BCUT2D eigenvalue weighted by Gasteiger charge is 2.49. The van der Waals surface area contributed by atoms with Gasteiger partial charge in [0.25, 0.3) is 5.91 Å². The van der Waals surface area contributed by atoms with Gasteiger partial charge in [-0.3, -0.25) is 14.4 Å². The molecule has 1 fully saturated rings. The number of aliphatic carboxylic acids is 1. The van der Waals surface area contributed by atoms with Crippen LogP contribution >= 0.6 is 11.8 Å². The molecular formula is C27H24F2N2O5S. The minimum Gasteiger partial charge on any atom is -0.484 e. The molecule has 1 aliphatic rings. The molecule has 4 rings (SSSR count). The summed E-state index contributed by atoms with van der Waals surface area (Å²) in [5, 5.41) is 10.5. The number of carbonyl (C=O) groups is 3. The summed E-state index contributed by atoms with van der Waals surface area (Å²) in [5.74, 6) is -1.42. The Balaban J connectivity index is 1.44. The van der Waals surface area contributed by atoms with Gasteiger partial charge < -0.3 is 20.1 Å². The van der Waals surface area contributed by atoms with Crippen molar-refractivity contribution in [2.24, 2.45) is 0 Å². The lowest BCUT2D eigenvalue weighted by Crippen LogP contribution is -2.57. The number of carboxylic acids is 1. The number of halogens is 2. The van der Waals surface area contributed by atoms with Crippen LogP contribution in [0.4, 0.5) is 14.5 Å². The van der Waals surface area contributed by atoms with Crippen LogP contribution in [-0.2, 0) is 20.8 Å². The number of hydrogen-bond donors (Lipinski definition) is 2. The fourth-order valence-electron chi connectivity index (χ4n) is 3.93. The average molecular weight is 527 g/mol. The Morgan fingerprint density at radius 3 is 2.19 bits per heavy atom. The summed E-state index contributed by atoms with van der Waals surface area (Å²) in [6.07, 6.45) is 0.675. The van der Waals surface area contributed by atoms with Gasteiger partial charge in [-0.1, -0.05) is 24.3 Å². The predicted octanol–water partition coefficient (Wildman–Crippen LogP) is 3.98. The first-order valence-electron chi connectivity index (χ1n) is 11.5. The van der Waals surface area contributed by atoms with E-state index in [-0.39, 0.29) is 29.6 Å². The van der Waals surface area contributed by atoms with E-state index in [2.05, 4.69) is 5.32 Å². The Hall–Kier alpha value is -3.92. The molecule has 2 N–H and O–H groups in total. The molecule has 0 spiro atoms. The van der Waals surface area contributed by atoms with E-state index in [0.29, 0.717) is 23.6 Å². The number of carbonyl (C=O) groups excluding carboxylic acids is 2. The van der Waals surface area contributed by atoms with Gasteiger partial charge in [0.1, 0.15) is 29.2 Å². The first kappa shape index (κ1) is 26.2. The lowest BCUT2D eigenvalue weighted by molar-refractivity contribution is -0.138. The smallest absolute Gasteiger partial charge is 0.322 e. The van der Waals surface area contributed by atoms with Gasteiger partial charge >= 0.3 is 5.97 Å². The summed E-state index contributed by atoms with van der Waals surface area (Å²) in [5.41, 5.74) is 2.40. The lowest BCUT2D eigenvalue weighted by atomic mass is 9.92. The summed E-state index contributed by atoms with van der Waals surface area (Å²) in [6.45, 7) is -0.825. The number of hydrogen-bond acceptors (Lipinski definition) is 5. The number of anilines is 1. The maximum Gasteiger partial charge on any atom is 0.322 e. The number of ether oxygens (including phenoxy) is 1. The van der Waals surface area contributed by atoms with Crippen molar-refractivity contribution >= 4 is 35.2 Å². The molecule has 10 heteroatoms. The molecule has 1 aliphatic heterocycles. The average Bonchev–Trinajstić information content (AvgIpc) is 2.89. The Morgan fingerprint density at radius 2 is 1.57 bits per heavy atom. The second-order valence-electron chi connectivity index (χ2n) is 8.33. The van der Waals surface area contributed by atoms with Crippen LogP contribution in [0.3, 0.4) is 0 Å². The summed E-state index contributed by atoms with van der Waals surface area (Å²) < 4.78 is 32.1. The largest absolute Gasteiger partial charge is 0.484 e. The van der Waals surface area contributed by atoms with Gasteiger partial charge in [0.15, 0.2) is 6.61 Å². The van der Waals surface area contributed by atoms with Crippen LogP contribution in [0.2, 0.25) is 0 Å². The zero-order valence-corrected chi connectivity index (χ0v) is 20.4. The van der Waals surface area contributed by atoms with Crippen LogP contribution < -0.4 is 15.0 Å². The van der Waals surface area contributed by atoms with E-state index in [4.69, 9.17) is 9.84 Å². The molecule has 0 saturated carbocycles. The van der Waals surface area contributed by atoms with Crippen LogP contribution in [-0.4, -0.2) is 47.0 Å². The third kappa shape index (κ3) is 6.65. The Labute approximate surface area is 216 Å². The fraction of sp³-hybridized carbons (Fsp3) is 0.222. The van der Waals surface area contributed by atoms with Gasteiger partial charge in [0, 0.05) is 5.69 Å². The van der Waals surface area contributed by atoms with Crippen molar-refractivity contribution in [1.29, 1.82) is 0 Å². The summed E-state index contributed by atoms with van der Waals surface area (Å²) in [7, 11) is 0. The van der Waals surface area contributed by atoms with E-state index >= 15 is 0 Å². The summed E-state index contributed by atoms with van der Waals surface area (Å²) >= 11 is 1.51. The molecule has 0 bridgehead atoms. The minimum absolute atomic E-state index is 0.0869. The molecule has 2 atom stereocenters. The Bertz CT molecular complexity index is 1250. The number of amides is 2. The van der Waals surface area contributed by atoms with Crippen molar-refractivity contribution < 1.29 is 33.0 Å². The topological polar surface area (TPSA) is 95.9 Å². The van der Waals surface area contributed by atoms with Crippen LogP contribution in [0.15, 0.2) is 72.8 Å². The van der Waals surface area contributed by atoms with E-state index in [1.54, 1.807) is 53.4 Å². The maximum absolute atomic E-state index is 13.5. The minimum atomic E-state index is -1.15. The third-order valence-corrected chi connectivity index (χ3v) is 7.04.